The van der Waals surface area contributed by atoms with Gasteiger partial charge < -0.3 is 20.3 Å². The summed E-state index contributed by atoms with van der Waals surface area (Å²) in [7, 11) is 2.07. The largest absolute Gasteiger partial charge is 0.477 e. The third kappa shape index (κ3) is 2.85. The molecule has 6 nitrogen and oxygen atoms in total. The maximum absolute atomic E-state index is 12.3. The van der Waals surface area contributed by atoms with Gasteiger partial charge in [-0.1, -0.05) is 0 Å². The van der Waals surface area contributed by atoms with Gasteiger partial charge in [0.1, 0.15) is 5.69 Å². The van der Waals surface area contributed by atoms with Gasteiger partial charge in [-0.3, -0.25) is 4.79 Å². The maximum atomic E-state index is 12.3. The number of piperidine rings is 1. The summed E-state index contributed by atoms with van der Waals surface area (Å²) in [6.45, 7) is 5.33. The van der Waals surface area contributed by atoms with E-state index in [-0.39, 0.29) is 17.6 Å². The second-order valence-electron chi connectivity index (χ2n) is 5.48. The molecule has 0 radical (unpaired) electrons. The first-order chi connectivity index (χ1) is 9.40. The molecule has 20 heavy (non-hydrogen) atoms. The van der Waals surface area contributed by atoms with Crippen molar-refractivity contribution in [3.63, 3.8) is 0 Å². The molecular weight excluding hydrogens is 258 g/mol. The molecule has 0 aromatic carbocycles. The molecule has 6 heteroatoms. The molecule has 2 rings (SSSR count). The number of carboxylic acid groups (broad SMARTS) is 1. The van der Waals surface area contributed by atoms with Gasteiger partial charge in [0.05, 0.1) is 5.56 Å². The Kier molecular flexibility index (Phi) is 4.13. The molecule has 0 saturated carbocycles. The van der Waals surface area contributed by atoms with Crippen LogP contribution in [-0.2, 0) is 0 Å². The van der Waals surface area contributed by atoms with Crippen LogP contribution in [0, 0.1) is 13.8 Å². The number of likely N-dealkylation sites (tertiary alicyclic amines) is 1. The zero-order valence-electron chi connectivity index (χ0n) is 12.1. The van der Waals surface area contributed by atoms with Crippen LogP contribution in [0.4, 0.5) is 0 Å². The van der Waals surface area contributed by atoms with Crippen molar-refractivity contribution in [1.82, 2.24) is 15.2 Å². The Morgan fingerprint density at radius 3 is 2.40 bits per heavy atom. The van der Waals surface area contributed by atoms with Crippen molar-refractivity contribution in [2.45, 2.75) is 32.7 Å². The summed E-state index contributed by atoms with van der Waals surface area (Å²) in [4.78, 5) is 28.4. The van der Waals surface area contributed by atoms with Gasteiger partial charge in [0.2, 0.25) is 0 Å². The van der Waals surface area contributed by atoms with E-state index in [0.717, 1.165) is 25.9 Å². The topological polar surface area (TPSA) is 85.4 Å². The van der Waals surface area contributed by atoms with E-state index in [9.17, 15) is 9.59 Å². The first kappa shape index (κ1) is 14.6. The number of amides is 1. The zero-order chi connectivity index (χ0) is 14.9. The highest BCUT2D eigenvalue weighted by atomic mass is 16.4. The van der Waals surface area contributed by atoms with Gasteiger partial charge in [-0.25, -0.2) is 4.79 Å². The Bertz CT molecular complexity index is 528. The fraction of sp³-hybridized carbons (Fsp3) is 0.571. The minimum absolute atomic E-state index is 0.0935. The van der Waals surface area contributed by atoms with E-state index >= 15 is 0 Å². The average Bonchev–Trinajstić information content (AvgIpc) is 2.68. The molecule has 3 N–H and O–H groups in total. The normalized spacial score (nSPS) is 17.1. The van der Waals surface area contributed by atoms with Gasteiger partial charge in [0.25, 0.3) is 5.91 Å². The summed E-state index contributed by atoms with van der Waals surface area (Å²) in [5.41, 5.74) is 1.66. The lowest BCUT2D eigenvalue weighted by Crippen LogP contribution is -2.43. The summed E-state index contributed by atoms with van der Waals surface area (Å²) in [6.07, 6.45) is 1.85. The summed E-state index contributed by atoms with van der Waals surface area (Å²) in [5, 5.41) is 12.1. The molecule has 0 bridgehead atoms. The zero-order valence-corrected chi connectivity index (χ0v) is 12.1. The molecule has 0 spiro atoms. The van der Waals surface area contributed by atoms with E-state index in [2.05, 4.69) is 22.2 Å². The van der Waals surface area contributed by atoms with E-state index in [1.807, 2.05) is 0 Å². The number of carboxylic acids is 1. The van der Waals surface area contributed by atoms with E-state index in [1.165, 1.54) is 0 Å². The van der Waals surface area contributed by atoms with Gasteiger partial charge in [-0.15, -0.1) is 0 Å². The van der Waals surface area contributed by atoms with Crippen LogP contribution >= 0.6 is 0 Å². The van der Waals surface area contributed by atoms with Crippen LogP contribution in [0.25, 0.3) is 0 Å². The van der Waals surface area contributed by atoms with Crippen molar-refractivity contribution in [2.75, 3.05) is 20.1 Å². The molecule has 1 aromatic rings. The number of nitrogens with zero attached hydrogens (tertiary/aromatic N) is 1. The van der Waals surface area contributed by atoms with Crippen LogP contribution in [0.5, 0.6) is 0 Å². The lowest BCUT2D eigenvalue weighted by molar-refractivity contribution is 0.0690. The Morgan fingerprint density at radius 1 is 1.30 bits per heavy atom. The molecule has 1 amide bonds. The minimum Gasteiger partial charge on any atom is -0.477 e. The number of aromatic amines is 1. The van der Waals surface area contributed by atoms with Crippen molar-refractivity contribution in [2.24, 2.45) is 0 Å². The van der Waals surface area contributed by atoms with Crippen LogP contribution in [0.15, 0.2) is 0 Å². The highest BCUT2D eigenvalue weighted by molar-refractivity contribution is 6.00. The Morgan fingerprint density at radius 2 is 1.90 bits per heavy atom. The molecule has 1 saturated heterocycles. The maximum Gasteiger partial charge on any atom is 0.352 e. The van der Waals surface area contributed by atoms with Gasteiger partial charge >= 0.3 is 5.97 Å². The molecule has 0 unspecified atom stereocenters. The van der Waals surface area contributed by atoms with Crippen LogP contribution < -0.4 is 5.32 Å². The number of carbonyl (C=O) groups is 2. The number of rotatable bonds is 3. The monoisotopic (exact) mass is 279 g/mol. The molecule has 1 fully saturated rings. The van der Waals surface area contributed by atoms with Crippen LogP contribution in [0.3, 0.4) is 0 Å². The van der Waals surface area contributed by atoms with Crippen molar-refractivity contribution in [3.05, 3.63) is 22.5 Å². The number of aromatic nitrogens is 1. The van der Waals surface area contributed by atoms with Crippen molar-refractivity contribution >= 4 is 11.9 Å². The quantitative estimate of drug-likeness (QED) is 0.775. The first-order valence-corrected chi connectivity index (χ1v) is 6.82. The second kappa shape index (κ2) is 5.66. The number of H-pyrrole nitrogens is 1. The molecule has 110 valence electrons. The molecule has 1 aromatic heterocycles. The Balaban J connectivity index is 2.11. The predicted octanol–water partition coefficient (Wildman–Crippen LogP) is 1.15. The number of aryl methyl sites for hydroxylation is 1. The van der Waals surface area contributed by atoms with Crippen LogP contribution in [0.1, 0.15) is 44.9 Å². The summed E-state index contributed by atoms with van der Waals surface area (Å²) >= 11 is 0. The van der Waals surface area contributed by atoms with Crippen LogP contribution in [-0.4, -0.2) is 53.0 Å². The van der Waals surface area contributed by atoms with E-state index in [0.29, 0.717) is 16.8 Å². The van der Waals surface area contributed by atoms with Crippen molar-refractivity contribution in [3.8, 4) is 0 Å². The molecule has 2 heterocycles. The SMILES string of the molecule is Cc1[nH]c(C(=O)O)c(C)c1C(=O)NC1CCN(C)CC1. The number of aromatic carboxylic acids is 1. The fourth-order valence-corrected chi connectivity index (χ4v) is 2.71. The summed E-state index contributed by atoms with van der Waals surface area (Å²) in [6, 6.07) is 0.167. The number of hydrogen-bond donors (Lipinski definition) is 3. The van der Waals surface area contributed by atoms with E-state index in [1.54, 1.807) is 13.8 Å². The van der Waals surface area contributed by atoms with E-state index in [4.69, 9.17) is 5.11 Å². The lowest BCUT2D eigenvalue weighted by Gasteiger charge is -2.29. The van der Waals surface area contributed by atoms with Gasteiger partial charge in [-0.2, -0.15) is 0 Å². The molecule has 1 aliphatic rings. The van der Waals surface area contributed by atoms with E-state index < -0.39 is 5.97 Å². The highest BCUT2D eigenvalue weighted by Gasteiger charge is 2.24. The van der Waals surface area contributed by atoms with Gasteiger partial charge in [0, 0.05) is 11.7 Å². The Labute approximate surface area is 118 Å². The summed E-state index contributed by atoms with van der Waals surface area (Å²) in [5.74, 6) is -1.22. The Hall–Kier alpha value is -1.82. The third-order valence-electron chi connectivity index (χ3n) is 3.93. The van der Waals surface area contributed by atoms with Gasteiger partial charge in [-0.05, 0) is 52.4 Å². The molecular formula is C14H21N3O3. The number of carbonyl (C=O) groups excluding carboxylic acids is 1. The smallest absolute Gasteiger partial charge is 0.352 e. The fourth-order valence-electron chi connectivity index (χ4n) is 2.71. The first-order valence-electron chi connectivity index (χ1n) is 6.82. The standard InChI is InChI=1S/C14H21N3O3/c1-8-11(9(2)15-12(8)14(19)20)13(18)16-10-4-6-17(3)7-5-10/h10,15H,4-7H2,1-3H3,(H,16,18)(H,19,20). The lowest BCUT2D eigenvalue weighted by atomic mass is 10.0. The highest BCUT2D eigenvalue weighted by Crippen LogP contribution is 2.19. The van der Waals surface area contributed by atoms with Crippen molar-refractivity contribution in [1.29, 1.82) is 0 Å². The minimum atomic E-state index is -1.04. The predicted molar refractivity (Wildman–Crippen MR) is 75.2 cm³/mol. The third-order valence-corrected chi connectivity index (χ3v) is 3.93. The number of hydrogen-bond acceptors (Lipinski definition) is 3. The van der Waals surface area contributed by atoms with Crippen molar-refractivity contribution < 1.29 is 14.7 Å². The van der Waals surface area contributed by atoms with Gasteiger partial charge in [0.15, 0.2) is 0 Å². The molecule has 0 aliphatic carbocycles. The van der Waals surface area contributed by atoms with Crippen LogP contribution in [0.2, 0.25) is 0 Å². The second-order valence-corrected chi connectivity index (χ2v) is 5.48. The molecule has 0 atom stereocenters. The number of nitrogens with one attached hydrogen (secondary N) is 2. The summed E-state index contributed by atoms with van der Waals surface area (Å²) < 4.78 is 0. The molecule has 1 aliphatic heterocycles. The average molecular weight is 279 g/mol.